The number of aryl methyl sites for hydroxylation is 2. The first-order chi connectivity index (χ1) is 9.61. The molecule has 1 aliphatic rings. The molecule has 4 heteroatoms. The van der Waals surface area contributed by atoms with E-state index in [1.165, 1.54) is 16.7 Å². The van der Waals surface area contributed by atoms with Crippen molar-refractivity contribution in [1.82, 2.24) is 5.32 Å². The highest BCUT2D eigenvalue weighted by molar-refractivity contribution is 7.85. The smallest absolute Gasteiger partial charge is 0.0477 e. The summed E-state index contributed by atoms with van der Waals surface area (Å²) in [6.45, 7) is 5.73. The van der Waals surface area contributed by atoms with E-state index in [1.807, 2.05) is 7.05 Å². The third-order valence-corrected chi connectivity index (χ3v) is 5.91. The van der Waals surface area contributed by atoms with E-state index < -0.39 is 10.8 Å². The van der Waals surface area contributed by atoms with Gasteiger partial charge >= 0.3 is 0 Å². The van der Waals surface area contributed by atoms with Gasteiger partial charge in [-0.1, -0.05) is 23.8 Å². The number of nitrogens with one attached hydrogen (secondary N) is 1. The van der Waals surface area contributed by atoms with Crippen molar-refractivity contribution in [3.63, 3.8) is 0 Å². The van der Waals surface area contributed by atoms with Gasteiger partial charge < -0.3 is 10.1 Å². The van der Waals surface area contributed by atoms with Crippen molar-refractivity contribution < 1.29 is 8.95 Å². The van der Waals surface area contributed by atoms with Crippen molar-refractivity contribution in [2.45, 2.75) is 38.0 Å². The Morgan fingerprint density at radius 3 is 2.70 bits per heavy atom. The molecule has 1 heterocycles. The third-order valence-electron chi connectivity index (χ3n) is 4.03. The van der Waals surface area contributed by atoms with Crippen LogP contribution in [0.25, 0.3) is 0 Å². The normalized spacial score (nSPS) is 19.8. The number of ether oxygens (including phenoxy) is 1. The van der Waals surface area contributed by atoms with Gasteiger partial charge in [0.2, 0.25) is 0 Å². The molecule has 20 heavy (non-hydrogen) atoms. The maximum absolute atomic E-state index is 12.6. The molecule has 2 atom stereocenters. The fraction of sp³-hybridized carbons (Fsp3) is 0.625. The summed E-state index contributed by atoms with van der Waals surface area (Å²) >= 11 is 0. The molecule has 1 fully saturated rings. The minimum absolute atomic E-state index is 0.165. The van der Waals surface area contributed by atoms with Gasteiger partial charge in [0.1, 0.15) is 0 Å². The molecule has 112 valence electrons. The zero-order valence-corrected chi connectivity index (χ0v) is 13.5. The Bertz CT molecular complexity index is 470. The topological polar surface area (TPSA) is 38.3 Å². The lowest BCUT2D eigenvalue weighted by Crippen LogP contribution is -2.31. The molecule has 2 rings (SSSR count). The summed E-state index contributed by atoms with van der Waals surface area (Å²) in [4.78, 5) is 0. The summed E-state index contributed by atoms with van der Waals surface area (Å²) in [6, 6.07) is 6.64. The fourth-order valence-corrected chi connectivity index (χ4v) is 4.37. The Kier molecular flexibility index (Phi) is 5.75. The van der Waals surface area contributed by atoms with E-state index >= 15 is 0 Å². The SMILES string of the molecule is CNC(CS(=O)C1CCOCC1)c1cc(C)ccc1C. The molecule has 0 aliphatic carbocycles. The first kappa shape index (κ1) is 15.7. The Morgan fingerprint density at radius 1 is 1.35 bits per heavy atom. The number of rotatable bonds is 5. The first-order valence-electron chi connectivity index (χ1n) is 7.31. The molecular formula is C16H25NO2S. The van der Waals surface area contributed by atoms with Gasteiger partial charge in [-0.05, 0) is 44.9 Å². The highest BCUT2D eigenvalue weighted by Gasteiger charge is 2.23. The van der Waals surface area contributed by atoms with E-state index in [4.69, 9.17) is 4.74 Å². The minimum Gasteiger partial charge on any atom is -0.381 e. The quantitative estimate of drug-likeness (QED) is 0.907. The molecule has 1 saturated heterocycles. The number of benzene rings is 1. The van der Waals surface area contributed by atoms with Crippen LogP contribution in [0.1, 0.15) is 35.6 Å². The molecular weight excluding hydrogens is 270 g/mol. The molecule has 0 saturated carbocycles. The maximum atomic E-state index is 12.6. The molecule has 1 aliphatic heterocycles. The lowest BCUT2D eigenvalue weighted by molar-refractivity contribution is 0.0992. The summed E-state index contributed by atoms with van der Waals surface area (Å²) in [5.74, 6) is 0.686. The van der Waals surface area contributed by atoms with Crippen LogP contribution in [0, 0.1) is 13.8 Å². The molecule has 2 unspecified atom stereocenters. The molecule has 3 nitrogen and oxygen atoms in total. The fourth-order valence-electron chi connectivity index (χ4n) is 2.70. The van der Waals surface area contributed by atoms with Gasteiger partial charge in [-0.15, -0.1) is 0 Å². The summed E-state index contributed by atoms with van der Waals surface area (Å²) in [5, 5.41) is 3.63. The van der Waals surface area contributed by atoms with Gasteiger partial charge in [-0.2, -0.15) is 0 Å². The van der Waals surface area contributed by atoms with Crippen LogP contribution in [-0.4, -0.2) is 35.5 Å². The highest BCUT2D eigenvalue weighted by Crippen LogP contribution is 2.23. The predicted octanol–water partition coefficient (Wildman–Crippen LogP) is 2.49. The van der Waals surface area contributed by atoms with Crippen LogP contribution in [-0.2, 0) is 15.5 Å². The Labute approximate surface area is 124 Å². The predicted molar refractivity (Wildman–Crippen MR) is 84.6 cm³/mol. The maximum Gasteiger partial charge on any atom is 0.0477 e. The lowest BCUT2D eigenvalue weighted by atomic mass is 10.0. The Morgan fingerprint density at radius 2 is 2.05 bits per heavy atom. The van der Waals surface area contributed by atoms with Crippen LogP contribution in [0.5, 0.6) is 0 Å². The second kappa shape index (κ2) is 7.34. The number of hydrogen-bond acceptors (Lipinski definition) is 3. The average Bonchev–Trinajstić information content (AvgIpc) is 2.48. The summed E-state index contributed by atoms with van der Waals surface area (Å²) < 4.78 is 17.9. The van der Waals surface area contributed by atoms with Gasteiger partial charge in [-0.3, -0.25) is 4.21 Å². The van der Waals surface area contributed by atoms with E-state index in [0.717, 1.165) is 26.1 Å². The van der Waals surface area contributed by atoms with E-state index in [2.05, 4.69) is 37.4 Å². The van der Waals surface area contributed by atoms with Gasteiger partial charge in [0.05, 0.1) is 0 Å². The van der Waals surface area contributed by atoms with Crippen molar-refractivity contribution >= 4 is 10.8 Å². The number of hydrogen-bond donors (Lipinski definition) is 1. The second-order valence-corrected chi connectivity index (χ2v) is 7.32. The summed E-state index contributed by atoms with van der Waals surface area (Å²) in [7, 11) is 1.16. The van der Waals surface area contributed by atoms with Gasteiger partial charge in [0.25, 0.3) is 0 Å². The van der Waals surface area contributed by atoms with Crippen LogP contribution in [0.3, 0.4) is 0 Å². The van der Waals surface area contributed by atoms with E-state index in [9.17, 15) is 4.21 Å². The zero-order chi connectivity index (χ0) is 14.5. The van der Waals surface area contributed by atoms with Crippen molar-refractivity contribution in [3.8, 4) is 0 Å². The summed E-state index contributed by atoms with van der Waals surface area (Å²) in [6.07, 6.45) is 1.85. The molecule has 0 amide bonds. The monoisotopic (exact) mass is 295 g/mol. The molecule has 0 spiro atoms. The van der Waals surface area contributed by atoms with Gasteiger partial charge in [0, 0.05) is 41.1 Å². The van der Waals surface area contributed by atoms with Crippen molar-refractivity contribution in [2.75, 3.05) is 26.0 Å². The molecule has 1 aromatic carbocycles. The lowest BCUT2D eigenvalue weighted by Gasteiger charge is -2.25. The molecule has 1 aromatic rings. The standard InChI is InChI=1S/C16H25NO2S/c1-12-4-5-13(2)15(10-12)16(17-3)11-20(18)14-6-8-19-9-7-14/h4-5,10,14,16-17H,6-9,11H2,1-3H3. The van der Waals surface area contributed by atoms with Crippen LogP contribution in [0.4, 0.5) is 0 Å². The minimum atomic E-state index is -0.794. The van der Waals surface area contributed by atoms with Crippen LogP contribution >= 0.6 is 0 Å². The second-order valence-electron chi connectivity index (χ2n) is 5.56. The van der Waals surface area contributed by atoms with Crippen LogP contribution < -0.4 is 5.32 Å². The van der Waals surface area contributed by atoms with E-state index in [1.54, 1.807) is 0 Å². The van der Waals surface area contributed by atoms with Gasteiger partial charge in [0.15, 0.2) is 0 Å². The van der Waals surface area contributed by atoms with Crippen LogP contribution in [0.2, 0.25) is 0 Å². The van der Waals surface area contributed by atoms with Crippen molar-refractivity contribution in [2.24, 2.45) is 0 Å². The van der Waals surface area contributed by atoms with Crippen molar-refractivity contribution in [3.05, 3.63) is 34.9 Å². The first-order valence-corrected chi connectivity index (χ1v) is 8.69. The molecule has 0 aromatic heterocycles. The van der Waals surface area contributed by atoms with E-state index in [-0.39, 0.29) is 6.04 Å². The average molecular weight is 295 g/mol. The Balaban J connectivity index is 2.08. The molecule has 0 bridgehead atoms. The zero-order valence-electron chi connectivity index (χ0n) is 12.6. The molecule has 0 radical (unpaired) electrons. The van der Waals surface area contributed by atoms with Gasteiger partial charge in [-0.25, -0.2) is 0 Å². The summed E-state index contributed by atoms with van der Waals surface area (Å²) in [5.41, 5.74) is 3.79. The van der Waals surface area contributed by atoms with Crippen molar-refractivity contribution in [1.29, 1.82) is 0 Å². The van der Waals surface area contributed by atoms with E-state index in [0.29, 0.717) is 11.0 Å². The highest BCUT2D eigenvalue weighted by atomic mass is 32.2. The van der Waals surface area contributed by atoms with Crippen LogP contribution in [0.15, 0.2) is 18.2 Å². The Hall–Kier alpha value is -0.710. The molecule has 1 N–H and O–H groups in total. The largest absolute Gasteiger partial charge is 0.381 e. The third kappa shape index (κ3) is 3.90.